The second kappa shape index (κ2) is 6.33. The van der Waals surface area contributed by atoms with Crippen molar-refractivity contribution in [3.05, 3.63) is 36.7 Å². The number of rotatable bonds is 6. The lowest BCUT2D eigenvalue weighted by molar-refractivity contribution is 0.196. The van der Waals surface area contributed by atoms with Crippen molar-refractivity contribution < 1.29 is 4.74 Å². The first-order valence-electron chi connectivity index (χ1n) is 6.52. The minimum Gasteiger partial charge on any atom is -0.458 e. The molecule has 0 aliphatic heterocycles. The molecule has 1 N–H and O–H groups in total. The zero-order valence-electron chi connectivity index (χ0n) is 11.6. The van der Waals surface area contributed by atoms with Gasteiger partial charge in [0, 0.05) is 12.6 Å². The van der Waals surface area contributed by atoms with E-state index in [0.717, 1.165) is 12.2 Å². The number of para-hydroxylation sites is 1. The fraction of sp³-hybridized carbons (Fsp3) is 0.429. The Morgan fingerprint density at radius 2 is 1.95 bits per heavy atom. The second-order valence-electron chi connectivity index (χ2n) is 4.80. The highest BCUT2D eigenvalue weighted by atomic mass is 16.5. The van der Waals surface area contributed by atoms with Crippen molar-refractivity contribution in [2.24, 2.45) is 0 Å². The molecule has 0 amide bonds. The summed E-state index contributed by atoms with van der Waals surface area (Å²) in [7, 11) is 0. The van der Waals surface area contributed by atoms with E-state index >= 15 is 0 Å². The minimum absolute atomic E-state index is 0.0361. The van der Waals surface area contributed by atoms with Gasteiger partial charge in [-0.2, -0.15) is 4.98 Å². The number of ether oxygens (including phenoxy) is 1. The van der Waals surface area contributed by atoms with Crippen LogP contribution in [0, 0.1) is 0 Å². The van der Waals surface area contributed by atoms with Gasteiger partial charge in [-0.15, -0.1) is 5.10 Å². The lowest BCUT2D eigenvalue weighted by atomic mass is 10.3. The highest BCUT2D eigenvalue weighted by Gasteiger charge is 2.09. The molecule has 2 aromatic rings. The van der Waals surface area contributed by atoms with E-state index in [1.54, 1.807) is 11.0 Å². The highest BCUT2D eigenvalue weighted by Crippen LogP contribution is 2.09. The number of hydrogen-bond acceptors (Lipinski definition) is 4. The topological polar surface area (TPSA) is 52.0 Å². The van der Waals surface area contributed by atoms with Crippen molar-refractivity contribution in [1.82, 2.24) is 20.1 Å². The predicted octanol–water partition coefficient (Wildman–Crippen LogP) is 2.03. The monoisotopic (exact) mass is 260 g/mol. The van der Waals surface area contributed by atoms with Crippen LogP contribution >= 0.6 is 0 Å². The van der Waals surface area contributed by atoms with Gasteiger partial charge in [-0.05, 0) is 19.1 Å². The molecule has 0 radical (unpaired) electrons. The summed E-state index contributed by atoms with van der Waals surface area (Å²) in [4.78, 5) is 4.16. The molecule has 1 heterocycles. The van der Waals surface area contributed by atoms with Crippen LogP contribution in [0.5, 0.6) is 6.01 Å². The molecule has 5 heteroatoms. The maximum atomic E-state index is 5.66. The fourth-order valence-electron chi connectivity index (χ4n) is 1.63. The molecule has 0 aliphatic carbocycles. The first-order valence-corrected chi connectivity index (χ1v) is 6.52. The normalized spacial score (nSPS) is 12.6. The molecule has 0 spiro atoms. The van der Waals surface area contributed by atoms with Crippen LogP contribution in [0.2, 0.25) is 0 Å². The minimum atomic E-state index is 0.0361. The third-order valence-corrected chi connectivity index (χ3v) is 2.61. The SMILES string of the molecule is CC(C)NCC(C)Oc1ncn(-c2ccccc2)n1. The van der Waals surface area contributed by atoms with Gasteiger partial charge in [-0.3, -0.25) is 0 Å². The summed E-state index contributed by atoms with van der Waals surface area (Å²) in [6.07, 6.45) is 1.70. The molecule has 0 saturated heterocycles. The van der Waals surface area contributed by atoms with Gasteiger partial charge in [0.2, 0.25) is 0 Å². The van der Waals surface area contributed by atoms with Crippen molar-refractivity contribution in [2.75, 3.05) is 6.54 Å². The smallest absolute Gasteiger partial charge is 0.336 e. The molecule has 0 bridgehead atoms. The van der Waals surface area contributed by atoms with Gasteiger partial charge in [0.05, 0.1) is 5.69 Å². The summed E-state index contributed by atoms with van der Waals surface area (Å²) >= 11 is 0. The van der Waals surface area contributed by atoms with Crippen molar-refractivity contribution in [1.29, 1.82) is 0 Å². The van der Waals surface area contributed by atoms with Crippen molar-refractivity contribution in [2.45, 2.75) is 32.9 Å². The molecule has 5 nitrogen and oxygen atoms in total. The quantitative estimate of drug-likeness (QED) is 0.863. The third-order valence-electron chi connectivity index (χ3n) is 2.61. The zero-order valence-corrected chi connectivity index (χ0v) is 11.6. The summed E-state index contributed by atoms with van der Waals surface area (Å²) in [5, 5.41) is 7.62. The Hall–Kier alpha value is -1.88. The van der Waals surface area contributed by atoms with E-state index < -0.39 is 0 Å². The van der Waals surface area contributed by atoms with Gasteiger partial charge in [0.25, 0.3) is 0 Å². The predicted molar refractivity (Wildman–Crippen MR) is 74.6 cm³/mol. The number of aromatic nitrogens is 3. The van der Waals surface area contributed by atoms with Crippen LogP contribution in [0.25, 0.3) is 5.69 Å². The van der Waals surface area contributed by atoms with Crippen LogP contribution in [-0.2, 0) is 0 Å². The first kappa shape index (κ1) is 13.5. The van der Waals surface area contributed by atoms with E-state index in [9.17, 15) is 0 Å². The highest BCUT2D eigenvalue weighted by molar-refractivity contribution is 5.29. The Labute approximate surface area is 113 Å². The summed E-state index contributed by atoms with van der Waals surface area (Å²) in [5.41, 5.74) is 0.970. The Morgan fingerprint density at radius 1 is 1.21 bits per heavy atom. The Morgan fingerprint density at radius 3 is 2.63 bits per heavy atom. The lowest BCUT2D eigenvalue weighted by Crippen LogP contribution is -2.33. The summed E-state index contributed by atoms with van der Waals surface area (Å²) in [6.45, 7) is 6.99. The van der Waals surface area contributed by atoms with Crippen LogP contribution in [0.15, 0.2) is 36.7 Å². The number of hydrogen-bond donors (Lipinski definition) is 1. The maximum absolute atomic E-state index is 5.66. The van der Waals surface area contributed by atoms with E-state index in [2.05, 4.69) is 29.2 Å². The molecular formula is C14H20N4O. The van der Waals surface area contributed by atoms with Gasteiger partial charge in [0.15, 0.2) is 0 Å². The van der Waals surface area contributed by atoms with Gasteiger partial charge < -0.3 is 10.1 Å². The molecule has 1 aromatic heterocycles. The van der Waals surface area contributed by atoms with Crippen molar-refractivity contribution in [3.63, 3.8) is 0 Å². The third kappa shape index (κ3) is 4.06. The average Bonchev–Trinajstić information content (AvgIpc) is 2.86. The Kier molecular flexibility index (Phi) is 4.52. The van der Waals surface area contributed by atoms with Crippen molar-refractivity contribution in [3.8, 4) is 11.7 Å². The van der Waals surface area contributed by atoms with Crippen LogP contribution in [0.3, 0.4) is 0 Å². The molecule has 0 fully saturated rings. The first-order chi connectivity index (χ1) is 9.15. The fourth-order valence-corrected chi connectivity index (χ4v) is 1.63. The molecule has 1 aromatic carbocycles. The van der Waals surface area contributed by atoms with Gasteiger partial charge in [0.1, 0.15) is 12.4 Å². The number of benzene rings is 1. The molecule has 102 valence electrons. The van der Waals surface area contributed by atoms with E-state index in [-0.39, 0.29) is 6.10 Å². The molecule has 1 atom stereocenters. The molecular weight excluding hydrogens is 240 g/mol. The van der Waals surface area contributed by atoms with Crippen LogP contribution in [0.4, 0.5) is 0 Å². The average molecular weight is 260 g/mol. The number of nitrogens with zero attached hydrogens (tertiary/aromatic N) is 3. The van der Waals surface area contributed by atoms with Crippen LogP contribution < -0.4 is 10.1 Å². The number of nitrogens with one attached hydrogen (secondary N) is 1. The molecule has 0 aliphatic rings. The summed E-state index contributed by atoms with van der Waals surface area (Å²) in [6, 6.07) is 10.7. The molecule has 1 unspecified atom stereocenters. The van der Waals surface area contributed by atoms with Gasteiger partial charge in [-0.25, -0.2) is 4.68 Å². The lowest BCUT2D eigenvalue weighted by Gasteiger charge is -2.14. The molecule has 19 heavy (non-hydrogen) atoms. The summed E-state index contributed by atoms with van der Waals surface area (Å²) < 4.78 is 7.37. The van der Waals surface area contributed by atoms with Gasteiger partial charge >= 0.3 is 6.01 Å². The van der Waals surface area contributed by atoms with Gasteiger partial charge in [-0.1, -0.05) is 32.0 Å². The van der Waals surface area contributed by atoms with E-state index in [4.69, 9.17) is 4.74 Å². The maximum Gasteiger partial charge on any atom is 0.336 e. The van der Waals surface area contributed by atoms with E-state index in [1.807, 2.05) is 37.3 Å². The molecule has 2 rings (SSSR count). The standard InChI is InChI=1S/C14H20N4O/c1-11(2)15-9-12(3)19-14-16-10-18(17-14)13-7-5-4-6-8-13/h4-8,10-12,15H,9H2,1-3H3. The summed E-state index contributed by atoms with van der Waals surface area (Å²) in [5.74, 6) is 0. The van der Waals surface area contributed by atoms with E-state index in [0.29, 0.717) is 12.1 Å². The zero-order chi connectivity index (χ0) is 13.7. The van der Waals surface area contributed by atoms with Crippen LogP contribution in [0.1, 0.15) is 20.8 Å². The van der Waals surface area contributed by atoms with Crippen LogP contribution in [-0.4, -0.2) is 33.5 Å². The van der Waals surface area contributed by atoms with E-state index in [1.165, 1.54) is 0 Å². The van der Waals surface area contributed by atoms with Crippen molar-refractivity contribution >= 4 is 0 Å². The second-order valence-corrected chi connectivity index (χ2v) is 4.80. The Balaban J connectivity index is 1.94. The Bertz CT molecular complexity index is 495. The molecule has 0 saturated carbocycles. The largest absolute Gasteiger partial charge is 0.458 e.